The lowest BCUT2D eigenvalue weighted by Crippen LogP contribution is -2.40. The second-order valence-corrected chi connectivity index (χ2v) is 5.89. The number of rotatable bonds is 2. The molecule has 1 unspecified atom stereocenters. The maximum Gasteiger partial charge on any atom is 0.155 e. The molecule has 0 bridgehead atoms. The summed E-state index contributed by atoms with van der Waals surface area (Å²) in [6, 6.07) is 0.377. The summed E-state index contributed by atoms with van der Waals surface area (Å²) in [5.41, 5.74) is 1.98. The summed E-state index contributed by atoms with van der Waals surface area (Å²) in [5.74, 6) is 0.833. The third-order valence-corrected chi connectivity index (χ3v) is 3.86. The summed E-state index contributed by atoms with van der Waals surface area (Å²) in [6.07, 6.45) is 1.96. The van der Waals surface area contributed by atoms with Crippen LogP contribution in [0, 0.1) is 13.8 Å². The first-order chi connectivity index (χ1) is 8.39. The van der Waals surface area contributed by atoms with Gasteiger partial charge in [0.15, 0.2) is 11.0 Å². The van der Waals surface area contributed by atoms with Gasteiger partial charge in [0.05, 0.1) is 5.60 Å². The van der Waals surface area contributed by atoms with E-state index in [0.717, 1.165) is 36.4 Å². The third kappa shape index (κ3) is 2.93. The molecule has 100 valence electrons. The van der Waals surface area contributed by atoms with E-state index in [1.165, 1.54) is 0 Å². The zero-order valence-corrected chi connectivity index (χ0v) is 12.1. The molecule has 1 aliphatic rings. The number of hydrogen-bond acceptors (Lipinski definition) is 4. The zero-order valence-electron chi connectivity index (χ0n) is 11.4. The number of ether oxygens (including phenoxy) is 1. The highest BCUT2D eigenvalue weighted by Gasteiger charge is 2.29. The summed E-state index contributed by atoms with van der Waals surface area (Å²) in [5, 5.41) is 12.0. The van der Waals surface area contributed by atoms with Crippen LogP contribution >= 0.6 is 11.6 Å². The van der Waals surface area contributed by atoms with Crippen molar-refractivity contribution in [3.05, 3.63) is 16.3 Å². The van der Waals surface area contributed by atoms with E-state index in [-0.39, 0.29) is 5.60 Å². The molecule has 0 aliphatic carbocycles. The molecule has 1 aromatic rings. The fourth-order valence-corrected chi connectivity index (χ4v) is 2.44. The first kappa shape index (κ1) is 13.6. The minimum atomic E-state index is -0.0707. The average Bonchev–Trinajstić information content (AvgIpc) is 2.29. The fraction of sp³-hybridized carbons (Fsp3) is 0.692. The molecule has 4 nitrogen and oxygen atoms in total. The smallest absolute Gasteiger partial charge is 0.155 e. The van der Waals surface area contributed by atoms with Gasteiger partial charge >= 0.3 is 0 Å². The Kier molecular flexibility index (Phi) is 3.78. The van der Waals surface area contributed by atoms with Crippen LogP contribution in [0.25, 0.3) is 0 Å². The van der Waals surface area contributed by atoms with Crippen LogP contribution < -0.4 is 5.32 Å². The largest absolute Gasteiger partial charge is 0.375 e. The topological polar surface area (TPSA) is 47.0 Å². The highest BCUT2D eigenvalue weighted by atomic mass is 35.5. The molecule has 1 fully saturated rings. The first-order valence-corrected chi connectivity index (χ1v) is 6.67. The fourth-order valence-electron chi connectivity index (χ4n) is 2.26. The van der Waals surface area contributed by atoms with E-state index in [4.69, 9.17) is 16.3 Å². The normalized spacial score (nSPS) is 22.8. The molecule has 1 saturated heterocycles. The van der Waals surface area contributed by atoms with Crippen LogP contribution in [0.3, 0.4) is 0 Å². The van der Waals surface area contributed by atoms with Gasteiger partial charge in [0.2, 0.25) is 0 Å². The Labute approximate surface area is 113 Å². The molecule has 0 radical (unpaired) electrons. The Morgan fingerprint density at radius 3 is 2.67 bits per heavy atom. The highest BCUT2D eigenvalue weighted by Crippen LogP contribution is 2.28. The van der Waals surface area contributed by atoms with Crippen LogP contribution in [-0.4, -0.2) is 28.4 Å². The van der Waals surface area contributed by atoms with Gasteiger partial charge in [-0.05, 0) is 51.7 Å². The van der Waals surface area contributed by atoms with E-state index >= 15 is 0 Å². The van der Waals surface area contributed by atoms with Gasteiger partial charge in [-0.2, -0.15) is 0 Å². The van der Waals surface area contributed by atoms with Crippen molar-refractivity contribution < 1.29 is 4.74 Å². The van der Waals surface area contributed by atoms with Crippen molar-refractivity contribution in [1.82, 2.24) is 10.2 Å². The molecule has 2 heterocycles. The molecule has 18 heavy (non-hydrogen) atoms. The summed E-state index contributed by atoms with van der Waals surface area (Å²) >= 11 is 5.95. The molecule has 0 aromatic carbocycles. The van der Waals surface area contributed by atoms with Gasteiger partial charge in [-0.15, -0.1) is 10.2 Å². The van der Waals surface area contributed by atoms with Gasteiger partial charge < -0.3 is 10.1 Å². The second-order valence-electron chi connectivity index (χ2n) is 5.53. The molecule has 0 spiro atoms. The summed E-state index contributed by atoms with van der Waals surface area (Å²) in [6.45, 7) is 9.00. The van der Waals surface area contributed by atoms with Crippen molar-refractivity contribution in [2.45, 2.75) is 52.2 Å². The molecular weight excluding hydrogens is 250 g/mol. The van der Waals surface area contributed by atoms with Crippen molar-refractivity contribution in [2.75, 3.05) is 11.9 Å². The van der Waals surface area contributed by atoms with Crippen molar-refractivity contribution in [3.63, 3.8) is 0 Å². The summed E-state index contributed by atoms with van der Waals surface area (Å²) < 4.78 is 5.71. The number of nitrogens with zero attached hydrogens (tertiary/aromatic N) is 2. The molecule has 1 aromatic heterocycles. The average molecular weight is 270 g/mol. The monoisotopic (exact) mass is 269 g/mol. The van der Waals surface area contributed by atoms with Crippen LogP contribution in [0.5, 0.6) is 0 Å². The Balaban J connectivity index is 2.12. The van der Waals surface area contributed by atoms with Crippen molar-refractivity contribution >= 4 is 17.4 Å². The van der Waals surface area contributed by atoms with Crippen LogP contribution in [0.15, 0.2) is 0 Å². The van der Waals surface area contributed by atoms with Gasteiger partial charge in [0.25, 0.3) is 0 Å². The molecular formula is C13H20ClN3O. The van der Waals surface area contributed by atoms with Gasteiger partial charge in [0.1, 0.15) is 0 Å². The maximum absolute atomic E-state index is 5.95. The summed E-state index contributed by atoms with van der Waals surface area (Å²) in [4.78, 5) is 0. The lowest BCUT2D eigenvalue weighted by atomic mass is 9.94. The van der Waals surface area contributed by atoms with E-state index in [1.807, 2.05) is 13.8 Å². The van der Waals surface area contributed by atoms with Crippen molar-refractivity contribution in [1.29, 1.82) is 0 Å². The van der Waals surface area contributed by atoms with Gasteiger partial charge in [-0.1, -0.05) is 11.6 Å². The Morgan fingerprint density at radius 2 is 2.00 bits per heavy atom. The van der Waals surface area contributed by atoms with Crippen LogP contribution in [0.2, 0.25) is 5.15 Å². The van der Waals surface area contributed by atoms with Crippen molar-refractivity contribution in [3.8, 4) is 0 Å². The molecule has 2 rings (SSSR count). The van der Waals surface area contributed by atoms with E-state index in [9.17, 15) is 0 Å². The van der Waals surface area contributed by atoms with Gasteiger partial charge in [-0.25, -0.2) is 0 Å². The number of anilines is 1. The quantitative estimate of drug-likeness (QED) is 0.896. The van der Waals surface area contributed by atoms with E-state index < -0.39 is 0 Å². The van der Waals surface area contributed by atoms with Crippen LogP contribution in [0.4, 0.5) is 5.82 Å². The predicted octanol–water partition coefficient (Wildman–Crippen LogP) is 3.12. The van der Waals surface area contributed by atoms with Crippen molar-refractivity contribution in [2.24, 2.45) is 0 Å². The Morgan fingerprint density at radius 1 is 1.28 bits per heavy atom. The van der Waals surface area contributed by atoms with E-state index in [2.05, 4.69) is 29.4 Å². The van der Waals surface area contributed by atoms with Crippen LogP contribution in [-0.2, 0) is 4.74 Å². The number of halogens is 1. The summed E-state index contributed by atoms with van der Waals surface area (Å²) in [7, 11) is 0. The third-order valence-electron chi connectivity index (χ3n) is 3.50. The van der Waals surface area contributed by atoms with Gasteiger partial charge in [-0.3, -0.25) is 0 Å². The lowest BCUT2D eigenvalue weighted by molar-refractivity contribution is -0.0553. The molecule has 1 atom stereocenters. The second kappa shape index (κ2) is 5.02. The molecule has 1 N–H and O–H groups in total. The van der Waals surface area contributed by atoms with Crippen LogP contribution in [0.1, 0.15) is 37.8 Å². The standard InChI is InChI=1S/C13H20ClN3O/c1-8-9(2)12(17-16-11(8)14)15-10-5-6-18-13(3,4)7-10/h10H,5-7H2,1-4H3,(H,15,17). The highest BCUT2D eigenvalue weighted by molar-refractivity contribution is 6.30. The molecule has 1 aliphatic heterocycles. The Hall–Kier alpha value is -0.870. The number of hydrogen-bond donors (Lipinski definition) is 1. The van der Waals surface area contributed by atoms with Gasteiger partial charge in [0, 0.05) is 12.6 Å². The van der Waals surface area contributed by atoms with E-state index in [0.29, 0.717) is 11.2 Å². The molecule has 0 amide bonds. The number of nitrogens with one attached hydrogen (secondary N) is 1. The Bertz CT molecular complexity index is 448. The number of aromatic nitrogens is 2. The first-order valence-electron chi connectivity index (χ1n) is 6.29. The lowest BCUT2D eigenvalue weighted by Gasteiger charge is -2.36. The minimum absolute atomic E-state index is 0.0707. The van der Waals surface area contributed by atoms with E-state index in [1.54, 1.807) is 0 Å². The molecule has 0 saturated carbocycles. The predicted molar refractivity (Wildman–Crippen MR) is 73.2 cm³/mol. The zero-order chi connectivity index (χ0) is 13.3. The molecule has 5 heteroatoms. The minimum Gasteiger partial charge on any atom is -0.375 e. The maximum atomic E-state index is 5.95. The SMILES string of the molecule is Cc1c(Cl)nnc(NC2CCOC(C)(C)C2)c1C.